The Kier molecular flexibility index (Phi) is 5.91. The van der Waals surface area contributed by atoms with Crippen LogP contribution in [0.25, 0.3) is 0 Å². The Bertz CT molecular complexity index is 329. The highest BCUT2D eigenvalue weighted by molar-refractivity contribution is 5.69. The predicted octanol–water partition coefficient (Wildman–Crippen LogP) is 3.69. The van der Waals surface area contributed by atoms with Crippen LogP contribution < -0.4 is 0 Å². The molecule has 0 fully saturated rings. The Labute approximate surface area is 96.9 Å². The smallest absolute Gasteiger partial charge is 0.418 e. The Morgan fingerprint density at radius 3 is 2.24 bits per heavy atom. The summed E-state index contributed by atoms with van der Waals surface area (Å²) in [6, 6.07) is 0. The van der Waals surface area contributed by atoms with Gasteiger partial charge in [-0.1, -0.05) is 6.58 Å². The molecule has 0 aromatic rings. The van der Waals surface area contributed by atoms with Gasteiger partial charge >= 0.3 is 12.1 Å². The van der Waals surface area contributed by atoms with Gasteiger partial charge in [0.25, 0.3) is 0 Å². The number of rotatable bonds is 5. The lowest BCUT2D eigenvalue weighted by Crippen LogP contribution is -2.12. The van der Waals surface area contributed by atoms with Gasteiger partial charge in [-0.25, -0.2) is 4.39 Å². The van der Waals surface area contributed by atoms with Gasteiger partial charge in [0.15, 0.2) is 0 Å². The van der Waals surface area contributed by atoms with Crippen molar-refractivity contribution < 1.29 is 27.1 Å². The van der Waals surface area contributed by atoms with Crippen LogP contribution in [-0.2, 0) is 9.53 Å². The molecule has 0 aromatic carbocycles. The highest BCUT2D eigenvalue weighted by Gasteiger charge is 2.35. The van der Waals surface area contributed by atoms with Crippen LogP contribution in [0.1, 0.15) is 26.7 Å². The van der Waals surface area contributed by atoms with Crippen LogP contribution in [0.5, 0.6) is 0 Å². The molecular weight excluding hydrogens is 240 g/mol. The minimum Gasteiger partial charge on any atom is -0.466 e. The molecule has 17 heavy (non-hydrogen) atoms. The van der Waals surface area contributed by atoms with Gasteiger partial charge in [0.1, 0.15) is 5.83 Å². The van der Waals surface area contributed by atoms with Gasteiger partial charge in [-0.2, -0.15) is 13.2 Å². The van der Waals surface area contributed by atoms with E-state index in [0.717, 1.165) is 0 Å². The molecule has 0 aliphatic carbocycles. The van der Waals surface area contributed by atoms with Crippen LogP contribution >= 0.6 is 0 Å². The van der Waals surface area contributed by atoms with Gasteiger partial charge in [-0.3, -0.25) is 4.79 Å². The van der Waals surface area contributed by atoms with Crippen molar-refractivity contribution in [2.75, 3.05) is 6.61 Å². The fourth-order valence-electron chi connectivity index (χ4n) is 1.01. The van der Waals surface area contributed by atoms with Gasteiger partial charge in [-0.15, -0.1) is 0 Å². The Morgan fingerprint density at radius 1 is 1.29 bits per heavy atom. The van der Waals surface area contributed by atoms with E-state index >= 15 is 0 Å². The molecule has 0 amide bonds. The highest BCUT2D eigenvalue weighted by atomic mass is 19.4. The van der Waals surface area contributed by atoms with Crippen molar-refractivity contribution in [3.05, 3.63) is 23.6 Å². The fourth-order valence-corrected chi connectivity index (χ4v) is 1.01. The molecule has 0 saturated heterocycles. The maximum absolute atomic E-state index is 13.2. The number of hydrogen-bond acceptors (Lipinski definition) is 2. The van der Waals surface area contributed by atoms with Gasteiger partial charge in [-0.05, 0) is 25.8 Å². The predicted molar refractivity (Wildman–Crippen MR) is 54.9 cm³/mol. The number of carbonyl (C=O) groups excluding carboxylic acids is 1. The first-order valence-electron chi connectivity index (χ1n) is 4.97. The third-order valence-electron chi connectivity index (χ3n) is 1.99. The maximum atomic E-state index is 13.2. The van der Waals surface area contributed by atoms with E-state index < -0.39 is 23.5 Å². The molecule has 0 spiro atoms. The Morgan fingerprint density at radius 2 is 1.82 bits per heavy atom. The summed E-state index contributed by atoms with van der Waals surface area (Å²) in [7, 11) is 0. The van der Waals surface area contributed by atoms with Crippen LogP contribution in [0, 0.1) is 0 Å². The monoisotopic (exact) mass is 254 g/mol. The van der Waals surface area contributed by atoms with E-state index in [1.165, 1.54) is 6.92 Å². The van der Waals surface area contributed by atoms with Crippen molar-refractivity contribution in [1.82, 2.24) is 0 Å². The van der Waals surface area contributed by atoms with Crippen molar-refractivity contribution in [1.29, 1.82) is 0 Å². The molecule has 0 aliphatic rings. The number of halogens is 4. The fraction of sp³-hybridized carbons (Fsp3) is 0.545. The van der Waals surface area contributed by atoms with E-state index in [9.17, 15) is 22.4 Å². The van der Waals surface area contributed by atoms with Crippen LogP contribution in [-0.4, -0.2) is 18.8 Å². The van der Waals surface area contributed by atoms with Crippen LogP contribution in [0.2, 0.25) is 0 Å². The molecule has 0 aromatic heterocycles. The molecule has 0 radical (unpaired) electrons. The number of ether oxygens (including phenoxy) is 1. The summed E-state index contributed by atoms with van der Waals surface area (Å²) in [5, 5.41) is 0. The molecule has 2 nitrogen and oxygen atoms in total. The van der Waals surface area contributed by atoms with E-state index in [0.29, 0.717) is 0 Å². The van der Waals surface area contributed by atoms with Gasteiger partial charge < -0.3 is 4.74 Å². The molecule has 0 aliphatic heterocycles. The lowest BCUT2D eigenvalue weighted by Gasteiger charge is -2.10. The zero-order valence-electron chi connectivity index (χ0n) is 9.66. The molecule has 0 saturated carbocycles. The number of esters is 1. The molecule has 0 rings (SSSR count). The van der Waals surface area contributed by atoms with Gasteiger partial charge in [0.05, 0.1) is 12.2 Å². The summed E-state index contributed by atoms with van der Waals surface area (Å²) in [6.07, 6.45) is -5.08. The van der Waals surface area contributed by atoms with E-state index in [1.807, 2.05) is 0 Å². The lowest BCUT2D eigenvalue weighted by atomic mass is 10.1. The molecule has 0 N–H and O–H groups in total. The van der Waals surface area contributed by atoms with Crippen molar-refractivity contribution >= 4 is 5.97 Å². The highest BCUT2D eigenvalue weighted by Crippen LogP contribution is 2.32. The number of allylic oxidation sites excluding steroid dienone is 3. The second-order valence-electron chi connectivity index (χ2n) is 3.38. The van der Waals surface area contributed by atoms with E-state index in [1.54, 1.807) is 6.92 Å². The average Bonchev–Trinajstić information content (AvgIpc) is 2.23. The summed E-state index contributed by atoms with van der Waals surface area (Å²) in [5.74, 6) is -1.99. The maximum Gasteiger partial charge on any atom is 0.418 e. The van der Waals surface area contributed by atoms with Crippen LogP contribution in [0.4, 0.5) is 17.6 Å². The van der Waals surface area contributed by atoms with Gasteiger partial charge in [0.2, 0.25) is 0 Å². The minimum absolute atomic E-state index is 0.125. The standard InChI is InChI=1S/C11H14F4O2/c1-4-17-9(16)6-5-7(2)10(12)8(3)11(13,14)15/h3-6H2,1-2H3. The summed E-state index contributed by atoms with van der Waals surface area (Å²) in [5.41, 5.74) is -1.70. The van der Waals surface area contributed by atoms with E-state index in [2.05, 4.69) is 11.3 Å². The SMILES string of the molecule is C=C(C(F)=C(C)CCC(=O)OCC)C(F)(F)F. The number of alkyl halides is 3. The summed E-state index contributed by atoms with van der Waals surface area (Å²) < 4.78 is 54.1. The minimum atomic E-state index is -4.80. The van der Waals surface area contributed by atoms with E-state index in [4.69, 9.17) is 0 Å². The summed E-state index contributed by atoms with van der Waals surface area (Å²) >= 11 is 0. The second-order valence-corrected chi connectivity index (χ2v) is 3.38. The van der Waals surface area contributed by atoms with Crippen molar-refractivity contribution in [3.8, 4) is 0 Å². The summed E-state index contributed by atoms with van der Waals surface area (Å²) in [4.78, 5) is 10.9. The third kappa shape index (κ3) is 5.51. The lowest BCUT2D eigenvalue weighted by molar-refractivity contribution is -0.143. The molecule has 98 valence electrons. The van der Waals surface area contributed by atoms with Crippen LogP contribution in [0.15, 0.2) is 23.6 Å². The van der Waals surface area contributed by atoms with E-state index in [-0.39, 0.29) is 25.0 Å². The molecular formula is C11H14F4O2. The largest absolute Gasteiger partial charge is 0.466 e. The Hall–Kier alpha value is -1.33. The molecule has 6 heteroatoms. The first kappa shape index (κ1) is 15.7. The van der Waals surface area contributed by atoms with Crippen molar-refractivity contribution in [2.45, 2.75) is 32.9 Å². The summed E-state index contributed by atoms with van der Waals surface area (Å²) in [6.45, 7) is 5.61. The topological polar surface area (TPSA) is 26.3 Å². The normalized spacial score (nSPS) is 13.1. The molecule has 0 heterocycles. The molecule has 0 bridgehead atoms. The number of hydrogen-bond donors (Lipinski definition) is 0. The molecule has 0 atom stereocenters. The van der Waals surface area contributed by atoms with Crippen molar-refractivity contribution in [2.24, 2.45) is 0 Å². The Balaban J connectivity index is 4.51. The van der Waals surface area contributed by atoms with Crippen LogP contribution in [0.3, 0.4) is 0 Å². The quantitative estimate of drug-likeness (QED) is 0.425. The number of carbonyl (C=O) groups is 1. The first-order valence-corrected chi connectivity index (χ1v) is 4.97. The third-order valence-corrected chi connectivity index (χ3v) is 1.99. The first-order chi connectivity index (χ1) is 7.70. The second kappa shape index (κ2) is 6.42. The molecule has 0 unspecified atom stereocenters. The average molecular weight is 254 g/mol. The zero-order valence-corrected chi connectivity index (χ0v) is 9.66. The van der Waals surface area contributed by atoms with Crippen molar-refractivity contribution in [3.63, 3.8) is 0 Å². The zero-order chi connectivity index (χ0) is 13.6. The van der Waals surface area contributed by atoms with Gasteiger partial charge in [0, 0.05) is 6.42 Å².